The molecule has 2 fully saturated rings. The van der Waals surface area contributed by atoms with Crippen molar-refractivity contribution in [1.82, 2.24) is 0 Å². The quantitative estimate of drug-likeness (QED) is 0.575. The summed E-state index contributed by atoms with van der Waals surface area (Å²) in [5.41, 5.74) is 1.46. The largest absolute Gasteiger partial charge is 0.457 e. The summed E-state index contributed by atoms with van der Waals surface area (Å²) < 4.78 is 11.7. The van der Waals surface area contributed by atoms with E-state index >= 15 is 0 Å². The molecule has 1 saturated heterocycles. The Morgan fingerprint density at radius 3 is 2.71 bits per heavy atom. The van der Waals surface area contributed by atoms with E-state index in [-0.39, 0.29) is 35.8 Å². The van der Waals surface area contributed by atoms with E-state index in [0.29, 0.717) is 18.4 Å². The summed E-state index contributed by atoms with van der Waals surface area (Å²) in [4.78, 5) is 25.2. The van der Waals surface area contributed by atoms with Crippen molar-refractivity contribution < 1.29 is 24.2 Å². The molecule has 0 radical (unpaired) electrons. The summed E-state index contributed by atoms with van der Waals surface area (Å²) in [6.07, 6.45) is 1.11. The van der Waals surface area contributed by atoms with Crippen LogP contribution in [-0.2, 0) is 14.3 Å². The smallest absolute Gasteiger partial charge is 0.338 e. The lowest BCUT2D eigenvalue weighted by molar-refractivity contribution is -0.143. The van der Waals surface area contributed by atoms with Crippen LogP contribution in [0.1, 0.15) is 50.4 Å². The molecule has 0 amide bonds. The summed E-state index contributed by atoms with van der Waals surface area (Å²) in [5, 5.41) is 13.3. The molecule has 2 aromatic rings. The first-order valence-electron chi connectivity index (χ1n) is 11.1. The van der Waals surface area contributed by atoms with E-state index in [9.17, 15) is 14.7 Å². The highest BCUT2D eigenvalue weighted by molar-refractivity contribution is 5.95. The molecule has 1 aliphatic heterocycles. The molecule has 0 bridgehead atoms. The van der Waals surface area contributed by atoms with Gasteiger partial charge in [0.25, 0.3) is 0 Å². The molecule has 1 heterocycles. The molecule has 2 aliphatic carbocycles. The number of fused-ring (bicyclic) bond motifs is 4. The van der Waals surface area contributed by atoms with E-state index in [0.717, 1.165) is 28.3 Å². The molecule has 5 nitrogen and oxygen atoms in total. The second-order valence-electron chi connectivity index (χ2n) is 9.59. The summed E-state index contributed by atoms with van der Waals surface area (Å²) in [5.74, 6) is -0.856. The lowest BCUT2D eigenvalue weighted by Crippen LogP contribution is -2.35. The minimum absolute atomic E-state index is 0.0591. The topological polar surface area (TPSA) is 72.8 Å². The fourth-order valence-corrected chi connectivity index (χ4v) is 5.73. The zero-order chi connectivity index (χ0) is 21.9. The number of aliphatic hydroxyl groups is 1. The van der Waals surface area contributed by atoms with Crippen LogP contribution in [-0.4, -0.2) is 34.9 Å². The molecule has 162 valence electrons. The van der Waals surface area contributed by atoms with Crippen molar-refractivity contribution in [3.63, 3.8) is 0 Å². The SMILES string of the molecule is CC1=C2C(C[C@@H]1OC(=O)c1ccc3ccccc3c1)[C@](C)(O)CC[C@H]1[C@H](C)C(=O)O[C@H]21. The van der Waals surface area contributed by atoms with Gasteiger partial charge in [0.1, 0.15) is 12.2 Å². The summed E-state index contributed by atoms with van der Waals surface area (Å²) in [6.45, 7) is 5.71. The van der Waals surface area contributed by atoms with Crippen LogP contribution in [0.25, 0.3) is 10.8 Å². The summed E-state index contributed by atoms with van der Waals surface area (Å²) in [6, 6.07) is 13.4. The van der Waals surface area contributed by atoms with Crippen LogP contribution in [0.4, 0.5) is 0 Å². The Morgan fingerprint density at radius 2 is 1.94 bits per heavy atom. The normalized spacial score (nSPS) is 34.8. The Kier molecular flexibility index (Phi) is 4.70. The number of benzene rings is 2. The number of rotatable bonds is 2. The molecule has 1 N–H and O–H groups in total. The van der Waals surface area contributed by atoms with Gasteiger partial charge in [0.05, 0.1) is 17.1 Å². The highest BCUT2D eigenvalue weighted by Crippen LogP contribution is 2.52. The van der Waals surface area contributed by atoms with Gasteiger partial charge in [0, 0.05) is 11.8 Å². The predicted molar refractivity (Wildman–Crippen MR) is 116 cm³/mol. The first-order valence-corrected chi connectivity index (χ1v) is 11.1. The number of carbonyl (C=O) groups excluding carboxylic acids is 2. The van der Waals surface area contributed by atoms with E-state index in [4.69, 9.17) is 9.47 Å². The molecular weight excluding hydrogens is 392 g/mol. The second kappa shape index (κ2) is 7.20. The maximum absolute atomic E-state index is 13.0. The Morgan fingerprint density at radius 1 is 1.19 bits per heavy atom. The van der Waals surface area contributed by atoms with Crippen LogP contribution in [0.3, 0.4) is 0 Å². The zero-order valence-electron chi connectivity index (χ0n) is 18.1. The van der Waals surface area contributed by atoms with Crippen LogP contribution in [0.2, 0.25) is 0 Å². The zero-order valence-corrected chi connectivity index (χ0v) is 18.1. The molecule has 31 heavy (non-hydrogen) atoms. The van der Waals surface area contributed by atoms with Crippen molar-refractivity contribution in [1.29, 1.82) is 0 Å². The average Bonchev–Trinajstić information content (AvgIpc) is 3.19. The number of esters is 2. The number of carbonyl (C=O) groups is 2. The van der Waals surface area contributed by atoms with E-state index in [1.165, 1.54) is 0 Å². The third-order valence-electron chi connectivity index (χ3n) is 7.69. The van der Waals surface area contributed by atoms with Crippen molar-refractivity contribution in [2.45, 2.75) is 57.8 Å². The molecular formula is C26H28O5. The molecule has 5 heteroatoms. The van der Waals surface area contributed by atoms with Gasteiger partial charge in [-0.3, -0.25) is 4.79 Å². The first kappa shape index (κ1) is 20.3. The van der Waals surface area contributed by atoms with Crippen LogP contribution < -0.4 is 0 Å². The third-order valence-corrected chi connectivity index (χ3v) is 7.69. The van der Waals surface area contributed by atoms with E-state index in [1.54, 1.807) is 6.07 Å². The minimum Gasteiger partial charge on any atom is -0.457 e. The van der Waals surface area contributed by atoms with Crippen LogP contribution in [0.15, 0.2) is 53.6 Å². The number of hydrogen-bond donors (Lipinski definition) is 1. The van der Waals surface area contributed by atoms with Crippen LogP contribution in [0.5, 0.6) is 0 Å². The first-order chi connectivity index (χ1) is 14.8. The van der Waals surface area contributed by atoms with Gasteiger partial charge in [0.15, 0.2) is 0 Å². The van der Waals surface area contributed by atoms with Crippen LogP contribution in [0, 0.1) is 17.8 Å². The summed E-state index contributed by atoms with van der Waals surface area (Å²) in [7, 11) is 0. The third kappa shape index (κ3) is 3.26. The lowest BCUT2D eigenvalue weighted by atomic mass is 9.81. The Hall–Kier alpha value is -2.66. The molecule has 0 aromatic heterocycles. The van der Waals surface area contributed by atoms with Crippen LogP contribution >= 0.6 is 0 Å². The highest BCUT2D eigenvalue weighted by Gasteiger charge is 2.55. The van der Waals surface area contributed by atoms with Gasteiger partial charge in [-0.05, 0) is 67.2 Å². The van der Waals surface area contributed by atoms with Crippen molar-refractivity contribution in [3.8, 4) is 0 Å². The van der Waals surface area contributed by atoms with Crippen molar-refractivity contribution >= 4 is 22.7 Å². The van der Waals surface area contributed by atoms with Crippen molar-refractivity contribution in [2.24, 2.45) is 17.8 Å². The molecule has 6 atom stereocenters. The molecule has 1 saturated carbocycles. The van der Waals surface area contributed by atoms with E-state index in [1.807, 2.05) is 57.2 Å². The lowest BCUT2D eigenvalue weighted by Gasteiger charge is -2.31. The maximum atomic E-state index is 13.0. The van der Waals surface area contributed by atoms with Gasteiger partial charge in [-0.15, -0.1) is 0 Å². The molecule has 0 spiro atoms. The molecule has 2 aromatic carbocycles. The van der Waals surface area contributed by atoms with Gasteiger partial charge >= 0.3 is 11.9 Å². The van der Waals surface area contributed by atoms with Crippen molar-refractivity contribution in [2.75, 3.05) is 0 Å². The molecule has 1 unspecified atom stereocenters. The molecule has 5 rings (SSSR count). The Balaban J connectivity index is 1.45. The fourth-order valence-electron chi connectivity index (χ4n) is 5.73. The maximum Gasteiger partial charge on any atom is 0.338 e. The molecule has 3 aliphatic rings. The number of hydrogen-bond acceptors (Lipinski definition) is 5. The van der Waals surface area contributed by atoms with Gasteiger partial charge in [-0.1, -0.05) is 37.3 Å². The fraction of sp³-hybridized carbons (Fsp3) is 0.462. The Labute approximate surface area is 182 Å². The average molecular weight is 421 g/mol. The van der Waals surface area contributed by atoms with Gasteiger partial charge in [-0.2, -0.15) is 0 Å². The van der Waals surface area contributed by atoms with E-state index < -0.39 is 11.7 Å². The van der Waals surface area contributed by atoms with Gasteiger partial charge in [0.2, 0.25) is 0 Å². The minimum atomic E-state index is -0.919. The number of ether oxygens (including phenoxy) is 2. The standard InChI is InChI=1S/C26H28O5/c1-14-19-10-11-26(3,29)20-13-21(15(2)22(20)23(19)31-24(14)27)30-25(28)18-9-8-16-6-4-5-7-17(16)12-18/h4-9,12,14,19-21,23,29H,10-11,13H2,1-3H3/t14-,19-,20?,21-,23-,26+/m0/s1. The monoisotopic (exact) mass is 420 g/mol. The van der Waals surface area contributed by atoms with Gasteiger partial charge < -0.3 is 14.6 Å². The summed E-state index contributed by atoms with van der Waals surface area (Å²) >= 11 is 0. The highest BCUT2D eigenvalue weighted by atomic mass is 16.6. The van der Waals surface area contributed by atoms with Gasteiger partial charge in [-0.25, -0.2) is 4.79 Å². The predicted octanol–water partition coefficient (Wildman–Crippen LogP) is 4.42. The van der Waals surface area contributed by atoms with Crippen molar-refractivity contribution in [3.05, 3.63) is 59.2 Å². The second-order valence-corrected chi connectivity index (χ2v) is 9.59. The van der Waals surface area contributed by atoms with E-state index in [2.05, 4.69) is 0 Å². The Bertz CT molecular complexity index is 1100.